The van der Waals surface area contributed by atoms with Crippen LogP contribution >= 0.6 is 0 Å². The number of aromatic nitrogens is 3. The Morgan fingerprint density at radius 2 is 2.05 bits per heavy atom. The lowest BCUT2D eigenvalue weighted by Crippen LogP contribution is -2.28. The SMILES string of the molecule is Cc1nn(C)c2nc(N)c(C(=O)N3CCCC3)cc12. The molecule has 0 unspecified atom stereocenters. The van der Waals surface area contributed by atoms with Gasteiger partial charge in [0.15, 0.2) is 5.65 Å². The molecule has 2 aromatic rings. The molecule has 0 atom stereocenters. The molecule has 3 heterocycles. The van der Waals surface area contributed by atoms with Crippen molar-refractivity contribution in [1.29, 1.82) is 0 Å². The van der Waals surface area contributed by atoms with Crippen molar-refractivity contribution in [2.24, 2.45) is 7.05 Å². The van der Waals surface area contributed by atoms with E-state index in [-0.39, 0.29) is 11.7 Å². The van der Waals surface area contributed by atoms with Gasteiger partial charge in [0.2, 0.25) is 0 Å². The highest BCUT2D eigenvalue weighted by atomic mass is 16.2. The maximum absolute atomic E-state index is 12.4. The van der Waals surface area contributed by atoms with Crippen molar-refractivity contribution in [3.63, 3.8) is 0 Å². The quantitative estimate of drug-likeness (QED) is 0.831. The summed E-state index contributed by atoms with van der Waals surface area (Å²) in [7, 11) is 1.82. The fraction of sp³-hybridized carbons (Fsp3) is 0.462. The van der Waals surface area contributed by atoms with E-state index in [9.17, 15) is 4.79 Å². The number of carbonyl (C=O) groups excluding carboxylic acids is 1. The lowest BCUT2D eigenvalue weighted by atomic mass is 10.1. The van der Waals surface area contributed by atoms with Gasteiger partial charge in [0.25, 0.3) is 5.91 Å². The fourth-order valence-electron chi connectivity index (χ4n) is 2.62. The highest BCUT2D eigenvalue weighted by Gasteiger charge is 2.23. The number of anilines is 1. The first-order chi connectivity index (χ1) is 9.08. The Kier molecular flexibility index (Phi) is 2.66. The van der Waals surface area contributed by atoms with Crippen molar-refractivity contribution in [2.45, 2.75) is 19.8 Å². The predicted octanol–water partition coefficient (Wildman–Crippen LogP) is 1.09. The molecule has 0 aliphatic carbocycles. The summed E-state index contributed by atoms with van der Waals surface area (Å²) in [6.45, 7) is 3.52. The number of fused-ring (bicyclic) bond motifs is 1. The van der Waals surface area contributed by atoms with Gasteiger partial charge in [-0.05, 0) is 25.8 Å². The summed E-state index contributed by atoms with van der Waals surface area (Å²) in [6, 6.07) is 1.82. The van der Waals surface area contributed by atoms with Crippen molar-refractivity contribution in [3.8, 4) is 0 Å². The van der Waals surface area contributed by atoms with Gasteiger partial charge in [-0.15, -0.1) is 0 Å². The highest BCUT2D eigenvalue weighted by molar-refractivity contribution is 6.01. The van der Waals surface area contributed by atoms with Crippen LogP contribution in [0.2, 0.25) is 0 Å². The average molecular weight is 259 g/mol. The summed E-state index contributed by atoms with van der Waals surface area (Å²) in [5.74, 6) is 0.264. The van der Waals surface area contributed by atoms with E-state index in [4.69, 9.17) is 5.73 Å². The van der Waals surface area contributed by atoms with Gasteiger partial charge in [0, 0.05) is 25.5 Å². The van der Waals surface area contributed by atoms with Gasteiger partial charge in [-0.3, -0.25) is 9.48 Å². The van der Waals surface area contributed by atoms with Crippen LogP contribution in [0, 0.1) is 6.92 Å². The molecular weight excluding hydrogens is 242 g/mol. The first kappa shape index (κ1) is 12.0. The molecule has 1 aliphatic rings. The zero-order valence-electron chi connectivity index (χ0n) is 11.2. The van der Waals surface area contributed by atoms with Crippen LogP contribution in [0.15, 0.2) is 6.07 Å². The van der Waals surface area contributed by atoms with E-state index in [1.807, 2.05) is 24.9 Å². The molecule has 1 amide bonds. The lowest BCUT2D eigenvalue weighted by molar-refractivity contribution is 0.0793. The standard InChI is InChI=1S/C13H17N5O/c1-8-9-7-10(13(19)18-5-3-4-6-18)11(14)15-12(9)17(2)16-8/h7H,3-6H2,1-2H3,(H2,14,15). The number of likely N-dealkylation sites (tertiary alicyclic amines) is 1. The van der Waals surface area contributed by atoms with E-state index in [0.29, 0.717) is 11.2 Å². The number of aryl methyl sites for hydroxylation is 2. The van der Waals surface area contributed by atoms with Crippen molar-refractivity contribution >= 4 is 22.8 Å². The second-order valence-electron chi connectivity index (χ2n) is 5.00. The molecule has 1 aliphatic heterocycles. The van der Waals surface area contributed by atoms with Gasteiger partial charge in [-0.2, -0.15) is 5.10 Å². The van der Waals surface area contributed by atoms with E-state index >= 15 is 0 Å². The van der Waals surface area contributed by atoms with E-state index in [2.05, 4.69) is 10.1 Å². The predicted molar refractivity (Wildman–Crippen MR) is 72.8 cm³/mol. The first-order valence-corrected chi connectivity index (χ1v) is 6.47. The van der Waals surface area contributed by atoms with Crippen molar-refractivity contribution in [1.82, 2.24) is 19.7 Å². The van der Waals surface area contributed by atoms with E-state index in [1.165, 1.54) is 0 Å². The van der Waals surface area contributed by atoms with Crippen molar-refractivity contribution in [3.05, 3.63) is 17.3 Å². The second kappa shape index (κ2) is 4.22. The van der Waals surface area contributed by atoms with Crippen molar-refractivity contribution < 1.29 is 4.79 Å². The number of hydrogen-bond donors (Lipinski definition) is 1. The largest absolute Gasteiger partial charge is 0.383 e. The number of nitrogens with zero attached hydrogens (tertiary/aromatic N) is 4. The third kappa shape index (κ3) is 1.83. The molecule has 0 bridgehead atoms. The van der Waals surface area contributed by atoms with Crippen LogP contribution in [0.4, 0.5) is 5.82 Å². The number of rotatable bonds is 1. The minimum Gasteiger partial charge on any atom is -0.383 e. The first-order valence-electron chi connectivity index (χ1n) is 6.47. The fourth-order valence-corrected chi connectivity index (χ4v) is 2.62. The molecule has 6 heteroatoms. The molecule has 0 aromatic carbocycles. The maximum Gasteiger partial charge on any atom is 0.257 e. The van der Waals surface area contributed by atoms with Gasteiger partial charge < -0.3 is 10.6 Å². The highest BCUT2D eigenvalue weighted by Crippen LogP contribution is 2.23. The number of pyridine rings is 1. The van der Waals surface area contributed by atoms with Gasteiger partial charge in [0.1, 0.15) is 5.82 Å². The van der Waals surface area contributed by atoms with Gasteiger partial charge >= 0.3 is 0 Å². The molecule has 1 saturated heterocycles. The molecule has 2 aromatic heterocycles. The third-order valence-electron chi connectivity index (χ3n) is 3.65. The van der Waals surface area contributed by atoms with E-state index < -0.39 is 0 Å². The molecule has 1 fully saturated rings. The number of nitrogens with two attached hydrogens (primary N) is 1. The molecule has 0 radical (unpaired) electrons. The summed E-state index contributed by atoms with van der Waals surface area (Å²) >= 11 is 0. The number of carbonyl (C=O) groups is 1. The molecular formula is C13H17N5O. The third-order valence-corrected chi connectivity index (χ3v) is 3.65. The minimum absolute atomic E-state index is 0.0207. The average Bonchev–Trinajstić information content (AvgIpc) is 2.98. The smallest absolute Gasteiger partial charge is 0.257 e. The zero-order chi connectivity index (χ0) is 13.6. The minimum atomic E-state index is -0.0207. The molecule has 3 rings (SSSR count). The van der Waals surface area contributed by atoms with Crippen LogP contribution in [0.1, 0.15) is 28.9 Å². The molecule has 100 valence electrons. The molecule has 0 spiro atoms. The van der Waals surface area contributed by atoms with E-state index in [1.54, 1.807) is 4.68 Å². The number of hydrogen-bond acceptors (Lipinski definition) is 4. The Balaban J connectivity index is 2.10. The van der Waals surface area contributed by atoms with Gasteiger partial charge in [-0.25, -0.2) is 4.98 Å². The topological polar surface area (TPSA) is 77.0 Å². The monoisotopic (exact) mass is 259 g/mol. The number of amides is 1. The Morgan fingerprint density at radius 3 is 2.74 bits per heavy atom. The van der Waals surface area contributed by atoms with Crippen molar-refractivity contribution in [2.75, 3.05) is 18.8 Å². The Bertz CT molecular complexity index is 655. The van der Waals surface area contributed by atoms with Crippen LogP contribution in [-0.2, 0) is 7.05 Å². The molecule has 0 saturated carbocycles. The van der Waals surface area contributed by atoms with E-state index in [0.717, 1.165) is 37.0 Å². The second-order valence-corrected chi connectivity index (χ2v) is 5.00. The van der Waals surface area contributed by atoms with Gasteiger partial charge in [-0.1, -0.05) is 0 Å². The molecule has 6 nitrogen and oxygen atoms in total. The van der Waals surface area contributed by atoms with Crippen LogP contribution in [0.25, 0.3) is 11.0 Å². The zero-order valence-corrected chi connectivity index (χ0v) is 11.2. The lowest BCUT2D eigenvalue weighted by Gasteiger charge is -2.16. The van der Waals surface area contributed by atoms with Gasteiger partial charge in [0.05, 0.1) is 11.3 Å². The summed E-state index contributed by atoms with van der Waals surface area (Å²) in [5.41, 5.74) is 8.00. The van der Waals surface area contributed by atoms with Crippen LogP contribution in [0.3, 0.4) is 0 Å². The van der Waals surface area contributed by atoms with Crippen LogP contribution in [0.5, 0.6) is 0 Å². The molecule has 19 heavy (non-hydrogen) atoms. The normalized spacial score (nSPS) is 15.4. The summed E-state index contributed by atoms with van der Waals surface area (Å²) in [5, 5.41) is 5.19. The summed E-state index contributed by atoms with van der Waals surface area (Å²) in [4.78, 5) is 18.6. The molecule has 2 N–H and O–H groups in total. The summed E-state index contributed by atoms with van der Waals surface area (Å²) in [6.07, 6.45) is 2.13. The Labute approximate surface area is 111 Å². The van der Waals surface area contributed by atoms with Crippen LogP contribution in [-0.4, -0.2) is 38.7 Å². The number of nitrogen functional groups attached to an aromatic ring is 1. The summed E-state index contributed by atoms with van der Waals surface area (Å²) < 4.78 is 1.69. The Hall–Kier alpha value is -2.11. The van der Waals surface area contributed by atoms with Crippen LogP contribution < -0.4 is 5.73 Å². The maximum atomic E-state index is 12.4. The Morgan fingerprint density at radius 1 is 1.37 bits per heavy atom.